The molecule has 1 atom stereocenters. The van der Waals surface area contributed by atoms with E-state index in [1.807, 2.05) is 12.3 Å². The Morgan fingerprint density at radius 3 is 2.37 bits per heavy atom. The standard InChI is InChI=1S/C16H19N3/c1-2-15(17)16-8-7-14(9-18-16)19-10-12-5-3-4-6-13(12)11-19/h3-9,15H,2,10-11,17H2,1H3/t15-/m1/s1. The van der Waals surface area contributed by atoms with E-state index in [0.29, 0.717) is 0 Å². The van der Waals surface area contributed by atoms with Crippen molar-refractivity contribution in [1.29, 1.82) is 0 Å². The van der Waals surface area contributed by atoms with Gasteiger partial charge in [0.25, 0.3) is 0 Å². The van der Waals surface area contributed by atoms with Crippen molar-refractivity contribution in [2.24, 2.45) is 5.73 Å². The van der Waals surface area contributed by atoms with Crippen LogP contribution >= 0.6 is 0 Å². The van der Waals surface area contributed by atoms with E-state index in [4.69, 9.17) is 5.73 Å². The number of nitrogens with zero attached hydrogens (tertiary/aromatic N) is 2. The summed E-state index contributed by atoms with van der Waals surface area (Å²) in [6, 6.07) is 12.8. The maximum Gasteiger partial charge on any atom is 0.0572 e. The van der Waals surface area contributed by atoms with Gasteiger partial charge in [0.05, 0.1) is 17.6 Å². The Morgan fingerprint density at radius 2 is 1.84 bits per heavy atom. The molecule has 0 amide bonds. The van der Waals surface area contributed by atoms with Crippen molar-refractivity contribution < 1.29 is 0 Å². The third-order valence-corrected chi connectivity index (χ3v) is 3.80. The number of hydrogen-bond donors (Lipinski definition) is 1. The highest BCUT2D eigenvalue weighted by molar-refractivity contribution is 5.50. The molecule has 2 aromatic rings. The highest BCUT2D eigenvalue weighted by Crippen LogP contribution is 2.28. The molecule has 2 N–H and O–H groups in total. The van der Waals surface area contributed by atoms with E-state index < -0.39 is 0 Å². The molecule has 0 saturated carbocycles. The summed E-state index contributed by atoms with van der Waals surface area (Å²) in [6.45, 7) is 4.02. The number of rotatable bonds is 3. The van der Waals surface area contributed by atoms with Crippen LogP contribution in [0.1, 0.15) is 36.2 Å². The fourth-order valence-electron chi connectivity index (χ4n) is 2.53. The predicted molar refractivity (Wildman–Crippen MR) is 77.8 cm³/mol. The van der Waals surface area contributed by atoms with Gasteiger partial charge in [-0.15, -0.1) is 0 Å². The van der Waals surface area contributed by atoms with Gasteiger partial charge in [-0.2, -0.15) is 0 Å². The molecule has 3 rings (SSSR count). The third-order valence-electron chi connectivity index (χ3n) is 3.80. The van der Waals surface area contributed by atoms with Crippen LogP contribution < -0.4 is 10.6 Å². The second-order valence-electron chi connectivity index (χ2n) is 5.08. The molecule has 3 nitrogen and oxygen atoms in total. The number of nitrogens with two attached hydrogens (primary N) is 1. The molecule has 1 aliphatic heterocycles. The monoisotopic (exact) mass is 253 g/mol. The van der Waals surface area contributed by atoms with Crippen LogP contribution in [0.25, 0.3) is 0 Å². The zero-order valence-corrected chi connectivity index (χ0v) is 11.2. The summed E-state index contributed by atoms with van der Waals surface area (Å²) < 4.78 is 0. The van der Waals surface area contributed by atoms with Crippen molar-refractivity contribution in [2.75, 3.05) is 4.90 Å². The van der Waals surface area contributed by atoms with Gasteiger partial charge in [0.15, 0.2) is 0 Å². The van der Waals surface area contributed by atoms with Crippen molar-refractivity contribution in [3.05, 3.63) is 59.4 Å². The molecule has 19 heavy (non-hydrogen) atoms. The smallest absolute Gasteiger partial charge is 0.0572 e. The van der Waals surface area contributed by atoms with Gasteiger partial charge in [-0.25, -0.2) is 0 Å². The molecule has 1 aliphatic rings. The van der Waals surface area contributed by atoms with Gasteiger partial charge < -0.3 is 10.6 Å². The number of pyridine rings is 1. The Bertz CT molecular complexity index is 537. The van der Waals surface area contributed by atoms with Gasteiger partial charge in [-0.1, -0.05) is 31.2 Å². The van der Waals surface area contributed by atoms with Crippen LogP contribution in [0.5, 0.6) is 0 Å². The molecule has 0 unspecified atom stereocenters. The number of fused-ring (bicyclic) bond motifs is 1. The van der Waals surface area contributed by atoms with Crippen molar-refractivity contribution in [2.45, 2.75) is 32.5 Å². The lowest BCUT2D eigenvalue weighted by atomic mass is 10.1. The summed E-state index contributed by atoms with van der Waals surface area (Å²) in [5, 5.41) is 0. The van der Waals surface area contributed by atoms with Crippen LogP contribution in [0.2, 0.25) is 0 Å². The molecule has 0 saturated heterocycles. The van der Waals surface area contributed by atoms with Gasteiger partial charge in [0, 0.05) is 19.1 Å². The van der Waals surface area contributed by atoms with E-state index in [2.05, 4.69) is 47.1 Å². The quantitative estimate of drug-likeness (QED) is 0.914. The van der Waals surface area contributed by atoms with E-state index in [-0.39, 0.29) is 6.04 Å². The van der Waals surface area contributed by atoms with Gasteiger partial charge in [-0.3, -0.25) is 4.98 Å². The molecule has 0 spiro atoms. The molecule has 98 valence electrons. The molecule has 0 bridgehead atoms. The van der Waals surface area contributed by atoms with Crippen molar-refractivity contribution in [3.63, 3.8) is 0 Å². The first-order valence-electron chi connectivity index (χ1n) is 6.81. The van der Waals surface area contributed by atoms with E-state index in [9.17, 15) is 0 Å². The Balaban J connectivity index is 1.78. The molecule has 1 aromatic carbocycles. The maximum atomic E-state index is 5.99. The summed E-state index contributed by atoms with van der Waals surface area (Å²) >= 11 is 0. The lowest BCUT2D eigenvalue weighted by Gasteiger charge is -2.18. The molecule has 0 fully saturated rings. The molecule has 3 heteroatoms. The van der Waals surface area contributed by atoms with Gasteiger partial charge in [0.1, 0.15) is 0 Å². The summed E-state index contributed by atoms with van der Waals surface area (Å²) in [5.74, 6) is 0. The lowest BCUT2D eigenvalue weighted by Crippen LogP contribution is -2.16. The first-order chi connectivity index (χ1) is 9.28. The third kappa shape index (κ3) is 2.34. The highest BCUT2D eigenvalue weighted by Gasteiger charge is 2.18. The minimum absolute atomic E-state index is 0.0461. The Labute approximate surface area is 114 Å². The molecule has 2 heterocycles. The highest BCUT2D eigenvalue weighted by atomic mass is 15.1. The van der Waals surface area contributed by atoms with Crippen LogP contribution in [0.15, 0.2) is 42.6 Å². The first-order valence-corrected chi connectivity index (χ1v) is 6.81. The predicted octanol–water partition coefficient (Wildman–Crippen LogP) is 3.01. The Kier molecular flexibility index (Phi) is 3.22. The molecule has 0 aliphatic carbocycles. The largest absolute Gasteiger partial charge is 0.362 e. The zero-order chi connectivity index (χ0) is 13.2. The minimum atomic E-state index is 0.0461. The van der Waals surface area contributed by atoms with Crippen LogP contribution in [0.3, 0.4) is 0 Å². The van der Waals surface area contributed by atoms with E-state index in [1.54, 1.807) is 0 Å². The topological polar surface area (TPSA) is 42.1 Å². The van der Waals surface area contributed by atoms with Gasteiger partial charge >= 0.3 is 0 Å². The SMILES string of the molecule is CC[C@@H](N)c1ccc(N2Cc3ccccc3C2)cn1. The minimum Gasteiger partial charge on any atom is -0.362 e. The summed E-state index contributed by atoms with van der Waals surface area (Å²) in [6.07, 6.45) is 2.86. The second kappa shape index (κ2) is 5.02. The Morgan fingerprint density at radius 1 is 1.16 bits per heavy atom. The van der Waals surface area contributed by atoms with Crippen molar-refractivity contribution >= 4 is 5.69 Å². The normalized spacial score (nSPS) is 15.4. The number of anilines is 1. The van der Waals surface area contributed by atoms with Crippen LogP contribution in [0, 0.1) is 0 Å². The van der Waals surface area contributed by atoms with Crippen molar-refractivity contribution in [1.82, 2.24) is 4.98 Å². The summed E-state index contributed by atoms with van der Waals surface area (Å²) in [4.78, 5) is 6.84. The van der Waals surface area contributed by atoms with Crippen LogP contribution in [0.4, 0.5) is 5.69 Å². The fraction of sp³-hybridized carbons (Fsp3) is 0.312. The Hall–Kier alpha value is -1.87. The summed E-state index contributed by atoms with van der Waals surface area (Å²) in [5.41, 5.74) is 11.0. The average Bonchev–Trinajstić information content (AvgIpc) is 2.90. The molecule has 0 radical (unpaired) electrons. The number of aromatic nitrogens is 1. The lowest BCUT2D eigenvalue weighted by molar-refractivity contribution is 0.675. The summed E-state index contributed by atoms with van der Waals surface area (Å²) in [7, 11) is 0. The van der Waals surface area contributed by atoms with Crippen LogP contribution in [-0.4, -0.2) is 4.98 Å². The van der Waals surface area contributed by atoms with Crippen LogP contribution in [-0.2, 0) is 13.1 Å². The van der Waals surface area contributed by atoms with E-state index in [0.717, 1.165) is 25.2 Å². The number of hydrogen-bond acceptors (Lipinski definition) is 3. The van der Waals surface area contributed by atoms with E-state index in [1.165, 1.54) is 16.8 Å². The van der Waals surface area contributed by atoms with Gasteiger partial charge in [-0.05, 0) is 29.7 Å². The second-order valence-corrected chi connectivity index (χ2v) is 5.08. The average molecular weight is 253 g/mol. The molecular weight excluding hydrogens is 234 g/mol. The van der Waals surface area contributed by atoms with Crippen molar-refractivity contribution in [3.8, 4) is 0 Å². The van der Waals surface area contributed by atoms with E-state index >= 15 is 0 Å². The number of benzene rings is 1. The van der Waals surface area contributed by atoms with Gasteiger partial charge in [0.2, 0.25) is 0 Å². The molecular formula is C16H19N3. The first kappa shape index (κ1) is 12.2. The maximum absolute atomic E-state index is 5.99. The zero-order valence-electron chi connectivity index (χ0n) is 11.2. The fourth-order valence-corrected chi connectivity index (χ4v) is 2.53. The molecule has 1 aromatic heterocycles.